The molecule has 2 saturated carbocycles. The number of hydrogen-bond acceptors (Lipinski definition) is 3. The highest BCUT2D eigenvalue weighted by Crippen LogP contribution is 2.50. The summed E-state index contributed by atoms with van der Waals surface area (Å²) in [5.41, 5.74) is 7.36. The topological polar surface area (TPSA) is 44.5 Å². The molecule has 0 aromatic heterocycles. The Kier molecular flexibility index (Phi) is 3.48. The lowest BCUT2D eigenvalue weighted by atomic mass is 9.96. The van der Waals surface area contributed by atoms with Crippen LogP contribution in [0.2, 0.25) is 0 Å². The Labute approximate surface area is 122 Å². The van der Waals surface area contributed by atoms with Gasteiger partial charge in [0.05, 0.1) is 18.2 Å². The minimum atomic E-state index is 0.173. The zero-order valence-corrected chi connectivity index (χ0v) is 12.8. The van der Waals surface area contributed by atoms with Crippen LogP contribution in [0.4, 0.5) is 0 Å². The van der Waals surface area contributed by atoms with Crippen molar-refractivity contribution < 1.29 is 9.47 Å². The van der Waals surface area contributed by atoms with Gasteiger partial charge in [-0.3, -0.25) is 0 Å². The van der Waals surface area contributed by atoms with E-state index in [9.17, 15) is 0 Å². The van der Waals surface area contributed by atoms with Gasteiger partial charge in [-0.25, -0.2) is 0 Å². The standard InChI is InChI=1S/C15H20BrNO2/c1-18-14-12(16)6-11(15(9-17)4-5-15)7-13(14)19-8-10-2-3-10/h6-7,10H,2-5,8-9,17H2,1H3. The number of rotatable bonds is 6. The lowest BCUT2D eigenvalue weighted by Crippen LogP contribution is -2.20. The molecular formula is C15H20BrNO2. The molecule has 19 heavy (non-hydrogen) atoms. The molecule has 4 heteroatoms. The smallest absolute Gasteiger partial charge is 0.174 e. The van der Waals surface area contributed by atoms with Crippen molar-refractivity contribution in [3.63, 3.8) is 0 Å². The van der Waals surface area contributed by atoms with Crippen LogP contribution in [0.5, 0.6) is 11.5 Å². The summed E-state index contributed by atoms with van der Waals surface area (Å²) in [4.78, 5) is 0. The molecule has 2 N–H and O–H groups in total. The van der Waals surface area contributed by atoms with E-state index in [4.69, 9.17) is 15.2 Å². The first-order valence-electron chi connectivity index (χ1n) is 6.89. The summed E-state index contributed by atoms with van der Waals surface area (Å²) >= 11 is 3.58. The number of benzene rings is 1. The van der Waals surface area contributed by atoms with Gasteiger partial charge in [0.15, 0.2) is 11.5 Å². The Morgan fingerprint density at radius 2 is 2.11 bits per heavy atom. The minimum Gasteiger partial charge on any atom is -0.492 e. The van der Waals surface area contributed by atoms with E-state index in [1.54, 1.807) is 7.11 Å². The van der Waals surface area contributed by atoms with Crippen molar-refractivity contribution in [1.29, 1.82) is 0 Å². The fourth-order valence-corrected chi connectivity index (χ4v) is 3.04. The number of methoxy groups -OCH3 is 1. The first-order valence-corrected chi connectivity index (χ1v) is 7.69. The van der Waals surface area contributed by atoms with Crippen molar-refractivity contribution in [2.45, 2.75) is 31.1 Å². The molecule has 0 radical (unpaired) electrons. The second-order valence-electron chi connectivity index (χ2n) is 5.73. The molecular weight excluding hydrogens is 306 g/mol. The Balaban J connectivity index is 1.89. The summed E-state index contributed by atoms with van der Waals surface area (Å²) < 4.78 is 12.3. The molecule has 0 atom stereocenters. The Bertz CT molecular complexity index is 481. The summed E-state index contributed by atoms with van der Waals surface area (Å²) in [7, 11) is 1.68. The predicted octanol–water partition coefficient (Wildman–Crippen LogP) is 3.24. The largest absolute Gasteiger partial charge is 0.492 e. The molecule has 2 fully saturated rings. The molecule has 2 aliphatic carbocycles. The molecule has 2 aliphatic rings. The molecule has 0 aliphatic heterocycles. The molecule has 3 nitrogen and oxygen atoms in total. The van der Waals surface area contributed by atoms with E-state index >= 15 is 0 Å². The van der Waals surface area contributed by atoms with Gasteiger partial charge in [0.25, 0.3) is 0 Å². The molecule has 0 spiro atoms. The van der Waals surface area contributed by atoms with Crippen molar-refractivity contribution in [2.24, 2.45) is 11.7 Å². The summed E-state index contributed by atoms with van der Waals surface area (Å²) in [6.45, 7) is 1.50. The zero-order chi connectivity index (χ0) is 13.5. The average Bonchev–Trinajstić information content (AvgIpc) is 3.29. The lowest BCUT2D eigenvalue weighted by molar-refractivity contribution is 0.279. The highest BCUT2D eigenvalue weighted by molar-refractivity contribution is 9.10. The van der Waals surface area contributed by atoms with Gasteiger partial charge in [0.1, 0.15) is 0 Å². The van der Waals surface area contributed by atoms with Crippen molar-refractivity contribution in [3.05, 3.63) is 22.2 Å². The molecule has 0 bridgehead atoms. The highest BCUT2D eigenvalue weighted by Gasteiger charge is 2.43. The van der Waals surface area contributed by atoms with Crippen LogP contribution in [-0.2, 0) is 5.41 Å². The molecule has 0 saturated heterocycles. The van der Waals surface area contributed by atoms with Crippen LogP contribution >= 0.6 is 15.9 Å². The van der Waals surface area contributed by atoms with Crippen LogP contribution in [0.1, 0.15) is 31.2 Å². The van der Waals surface area contributed by atoms with Crippen LogP contribution < -0.4 is 15.2 Å². The SMILES string of the molecule is COc1c(Br)cc(C2(CN)CC2)cc1OCC1CC1. The van der Waals surface area contributed by atoms with Crippen LogP contribution in [0.25, 0.3) is 0 Å². The number of nitrogens with two attached hydrogens (primary N) is 1. The van der Waals surface area contributed by atoms with E-state index in [0.717, 1.165) is 28.5 Å². The normalized spacial score (nSPS) is 20.2. The van der Waals surface area contributed by atoms with Crippen LogP contribution in [-0.4, -0.2) is 20.3 Å². The third-order valence-electron chi connectivity index (χ3n) is 4.24. The van der Waals surface area contributed by atoms with E-state index in [-0.39, 0.29) is 5.41 Å². The van der Waals surface area contributed by atoms with Crippen molar-refractivity contribution >= 4 is 15.9 Å². The van der Waals surface area contributed by atoms with Gasteiger partial charge in [-0.15, -0.1) is 0 Å². The van der Waals surface area contributed by atoms with Gasteiger partial charge in [-0.1, -0.05) is 0 Å². The third kappa shape index (κ3) is 2.61. The molecule has 1 aromatic rings. The summed E-state index contributed by atoms with van der Waals surface area (Å²) in [5.74, 6) is 2.37. The van der Waals surface area contributed by atoms with Gasteiger partial charge in [0.2, 0.25) is 0 Å². The lowest BCUT2D eigenvalue weighted by Gasteiger charge is -2.18. The monoisotopic (exact) mass is 325 g/mol. The van der Waals surface area contributed by atoms with Gasteiger partial charge >= 0.3 is 0 Å². The van der Waals surface area contributed by atoms with Crippen molar-refractivity contribution in [3.8, 4) is 11.5 Å². The van der Waals surface area contributed by atoms with Crippen LogP contribution in [0.3, 0.4) is 0 Å². The maximum absolute atomic E-state index is 5.95. The van der Waals surface area contributed by atoms with Crippen molar-refractivity contribution in [1.82, 2.24) is 0 Å². The third-order valence-corrected chi connectivity index (χ3v) is 4.83. The first kappa shape index (κ1) is 13.3. The van der Waals surface area contributed by atoms with Crippen LogP contribution in [0.15, 0.2) is 16.6 Å². The highest BCUT2D eigenvalue weighted by atomic mass is 79.9. The molecule has 0 heterocycles. The van der Waals surface area contributed by atoms with Gasteiger partial charge < -0.3 is 15.2 Å². The molecule has 104 valence electrons. The number of hydrogen-bond donors (Lipinski definition) is 1. The van der Waals surface area contributed by atoms with E-state index in [0.29, 0.717) is 6.54 Å². The van der Waals surface area contributed by atoms with E-state index in [1.165, 1.54) is 31.2 Å². The van der Waals surface area contributed by atoms with Gasteiger partial charge in [-0.05, 0) is 65.2 Å². The van der Waals surface area contributed by atoms with E-state index in [2.05, 4.69) is 28.1 Å². The summed E-state index contributed by atoms with van der Waals surface area (Å²) in [6, 6.07) is 4.24. The van der Waals surface area contributed by atoms with Gasteiger partial charge in [0, 0.05) is 12.0 Å². The average molecular weight is 326 g/mol. The fourth-order valence-electron chi connectivity index (χ4n) is 2.43. The second kappa shape index (κ2) is 4.98. The Morgan fingerprint density at radius 3 is 2.63 bits per heavy atom. The number of ether oxygens (including phenoxy) is 2. The summed E-state index contributed by atoms with van der Waals surface area (Å²) in [6.07, 6.45) is 4.92. The minimum absolute atomic E-state index is 0.173. The zero-order valence-electron chi connectivity index (χ0n) is 11.2. The summed E-state index contributed by atoms with van der Waals surface area (Å²) in [5, 5.41) is 0. The Hall–Kier alpha value is -0.740. The Morgan fingerprint density at radius 1 is 1.37 bits per heavy atom. The molecule has 0 amide bonds. The molecule has 1 aromatic carbocycles. The maximum atomic E-state index is 5.95. The fraction of sp³-hybridized carbons (Fsp3) is 0.600. The number of halogens is 1. The first-order chi connectivity index (χ1) is 9.18. The van der Waals surface area contributed by atoms with Gasteiger partial charge in [-0.2, -0.15) is 0 Å². The maximum Gasteiger partial charge on any atom is 0.174 e. The molecule has 0 unspecified atom stereocenters. The van der Waals surface area contributed by atoms with E-state index < -0.39 is 0 Å². The van der Waals surface area contributed by atoms with E-state index in [1.807, 2.05) is 0 Å². The second-order valence-corrected chi connectivity index (χ2v) is 6.58. The predicted molar refractivity (Wildman–Crippen MR) is 78.9 cm³/mol. The van der Waals surface area contributed by atoms with Crippen molar-refractivity contribution in [2.75, 3.05) is 20.3 Å². The quantitative estimate of drug-likeness (QED) is 0.873. The van der Waals surface area contributed by atoms with Crippen LogP contribution in [0, 0.1) is 5.92 Å². The molecule has 3 rings (SSSR count).